The molecule has 0 heterocycles. The smallest absolute Gasteiger partial charge is 0.141 e. The number of halogens is 2. The van der Waals surface area contributed by atoms with Gasteiger partial charge in [0.15, 0.2) is 0 Å². The molecule has 1 aromatic rings. The Kier molecular flexibility index (Phi) is 6.66. The van der Waals surface area contributed by atoms with Crippen LogP contribution in [0.5, 0.6) is 0 Å². The molecular weight excluding hydrogens is 249 g/mol. The molecule has 0 aliphatic heterocycles. The van der Waals surface area contributed by atoms with Crippen molar-refractivity contribution in [2.24, 2.45) is 5.92 Å². The topological polar surface area (TPSA) is 12.0 Å². The third-order valence-corrected chi connectivity index (χ3v) is 3.81. The van der Waals surface area contributed by atoms with Crippen molar-refractivity contribution >= 4 is 11.6 Å². The molecule has 1 unspecified atom stereocenters. The Morgan fingerprint density at radius 1 is 1.22 bits per heavy atom. The van der Waals surface area contributed by atoms with Gasteiger partial charge in [0.05, 0.1) is 5.02 Å². The number of benzene rings is 1. The van der Waals surface area contributed by atoms with Gasteiger partial charge in [-0.3, -0.25) is 0 Å². The lowest BCUT2D eigenvalue weighted by Gasteiger charge is -2.26. The first-order valence-electron chi connectivity index (χ1n) is 6.79. The molecule has 18 heavy (non-hydrogen) atoms. The van der Waals surface area contributed by atoms with E-state index in [2.05, 4.69) is 26.1 Å². The Morgan fingerprint density at radius 2 is 1.89 bits per heavy atom. The standard InChI is InChI=1S/C15H23ClFN/c1-4-12(5-2)15(18-6-3)10-11-7-8-14(17)13(16)9-11/h7-9,12,15,18H,4-6,10H2,1-3H3. The predicted octanol–water partition coefficient (Wildman–Crippen LogP) is 4.44. The van der Waals surface area contributed by atoms with E-state index in [9.17, 15) is 4.39 Å². The van der Waals surface area contributed by atoms with Gasteiger partial charge < -0.3 is 5.32 Å². The Morgan fingerprint density at radius 3 is 2.39 bits per heavy atom. The van der Waals surface area contributed by atoms with Gasteiger partial charge in [0.2, 0.25) is 0 Å². The molecule has 0 bridgehead atoms. The van der Waals surface area contributed by atoms with Crippen molar-refractivity contribution in [3.8, 4) is 0 Å². The summed E-state index contributed by atoms with van der Waals surface area (Å²) in [5.41, 5.74) is 1.10. The van der Waals surface area contributed by atoms with Gasteiger partial charge in [0.1, 0.15) is 5.82 Å². The van der Waals surface area contributed by atoms with Crippen LogP contribution < -0.4 is 5.32 Å². The van der Waals surface area contributed by atoms with Crippen molar-refractivity contribution in [1.82, 2.24) is 5.32 Å². The van der Waals surface area contributed by atoms with Crippen molar-refractivity contribution in [1.29, 1.82) is 0 Å². The molecule has 1 N–H and O–H groups in total. The fourth-order valence-electron chi connectivity index (χ4n) is 2.45. The highest BCUT2D eigenvalue weighted by Gasteiger charge is 2.18. The molecule has 3 heteroatoms. The molecule has 0 aliphatic carbocycles. The van der Waals surface area contributed by atoms with Crippen molar-refractivity contribution in [2.45, 2.75) is 46.1 Å². The van der Waals surface area contributed by atoms with E-state index in [0.717, 1.165) is 31.4 Å². The molecular formula is C15H23ClFN. The van der Waals surface area contributed by atoms with Crippen LogP contribution in [0.15, 0.2) is 18.2 Å². The average Bonchev–Trinajstić information content (AvgIpc) is 2.35. The number of rotatable bonds is 7. The third kappa shape index (κ3) is 4.25. The second kappa shape index (κ2) is 7.75. The highest BCUT2D eigenvalue weighted by molar-refractivity contribution is 6.30. The number of nitrogens with one attached hydrogen (secondary N) is 1. The van der Waals surface area contributed by atoms with E-state index in [0.29, 0.717) is 12.0 Å². The van der Waals surface area contributed by atoms with Gasteiger partial charge in [0.25, 0.3) is 0 Å². The van der Waals surface area contributed by atoms with Crippen LogP contribution in [0.3, 0.4) is 0 Å². The van der Waals surface area contributed by atoms with Gasteiger partial charge in [-0.2, -0.15) is 0 Å². The molecule has 1 atom stereocenters. The first-order valence-corrected chi connectivity index (χ1v) is 7.17. The minimum atomic E-state index is -0.344. The van der Waals surface area contributed by atoms with Crippen LogP contribution in [0.4, 0.5) is 4.39 Å². The maximum Gasteiger partial charge on any atom is 0.141 e. The largest absolute Gasteiger partial charge is 0.314 e. The van der Waals surface area contributed by atoms with Crippen molar-refractivity contribution in [2.75, 3.05) is 6.54 Å². The van der Waals surface area contributed by atoms with Crippen LogP contribution in [0.2, 0.25) is 5.02 Å². The van der Waals surface area contributed by atoms with Gasteiger partial charge in [-0.1, -0.05) is 51.3 Å². The zero-order chi connectivity index (χ0) is 13.5. The molecule has 0 amide bonds. The van der Waals surface area contributed by atoms with E-state index in [1.165, 1.54) is 6.07 Å². The third-order valence-electron chi connectivity index (χ3n) is 3.52. The van der Waals surface area contributed by atoms with Crippen molar-refractivity contribution in [3.63, 3.8) is 0 Å². The van der Waals surface area contributed by atoms with Gasteiger partial charge in [-0.05, 0) is 36.6 Å². The predicted molar refractivity (Wildman–Crippen MR) is 76.7 cm³/mol. The minimum Gasteiger partial charge on any atom is -0.314 e. The Balaban J connectivity index is 2.78. The second-order valence-electron chi connectivity index (χ2n) is 4.69. The molecule has 1 aromatic carbocycles. The van der Waals surface area contributed by atoms with E-state index < -0.39 is 0 Å². The van der Waals surface area contributed by atoms with Crippen LogP contribution in [-0.4, -0.2) is 12.6 Å². The first-order chi connectivity index (χ1) is 8.62. The summed E-state index contributed by atoms with van der Waals surface area (Å²) < 4.78 is 13.1. The quantitative estimate of drug-likeness (QED) is 0.773. The lowest BCUT2D eigenvalue weighted by Crippen LogP contribution is -2.37. The summed E-state index contributed by atoms with van der Waals surface area (Å²) >= 11 is 5.83. The fourth-order valence-corrected chi connectivity index (χ4v) is 2.65. The number of hydrogen-bond donors (Lipinski definition) is 1. The molecule has 0 aromatic heterocycles. The summed E-state index contributed by atoms with van der Waals surface area (Å²) in [6.07, 6.45) is 3.21. The van der Waals surface area contributed by atoms with E-state index in [4.69, 9.17) is 11.6 Å². The monoisotopic (exact) mass is 271 g/mol. The van der Waals surface area contributed by atoms with Crippen LogP contribution in [0.1, 0.15) is 39.2 Å². The van der Waals surface area contributed by atoms with Crippen molar-refractivity contribution in [3.05, 3.63) is 34.6 Å². The van der Waals surface area contributed by atoms with Gasteiger partial charge in [-0.15, -0.1) is 0 Å². The SMILES string of the molecule is CCNC(Cc1ccc(F)c(Cl)c1)C(CC)CC. The summed E-state index contributed by atoms with van der Waals surface area (Å²) in [5, 5.41) is 3.75. The van der Waals surface area contributed by atoms with Gasteiger partial charge in [-0.25, -0.2) is 4.39 Å². The number of hydrogen-bond acceptors (Lipinski definition) is 1. The summed E-state index contributed by atoms with van der Waals surface area (Å²) in [7, 11) is 0. The summed E-state index contributed by atoms with van der Waals surface area (Å²) in [6.45, 7) is 7.51. The zero-order valence-corrected chi connectivity index (χ0v) is 12.2. The zero-order valence-electron chi connectivity index (χ0n) is 11.5. The van der Waals surface area contributed by atoms with Crippen LogP contribution in [-0.2, 0) is 6.42 Å². The molecule has 0 saturated heterocycles. The normalized spacial score (nSPS) is 13.0. The molecule has 0 saturated carbocycles. The van der Waals surface area contributed by atoms with Gasteiger partial charge in [0, 0.05) is 6.04 Å². The first kappa shape index (κ1) is 15.5. The molecule has 0 aliphatic rings. The summed E-state index contributed by atoms with van der Waals surface area (Å²) in [5.74, 6) is 0.303. The molecule has 0 radical (unpaired) electrons. The van der Waals surface area contributed by atoms with Crippen LogP contribution in [0.25, 0.3) is 0 Å². The number of likely N-dealkylation sites (N-methyl/N-ethyl adjacent to an activating group) is 1. The Bertz CT molecular complexity index is 364. The maximum atomic E-state index is 13.1. The molecule has 0 fully saturated rings. The lowest BCUT2D eigenvalue weighted by atomic mass is 9.89. The molecule has 1 rings (SSSR count). The van der Waals surface area contributed by atoms with E-state index in [1.807, 2.05) is 6.07 Å². The molecule has 1 nitrogen and oxygen atoms in total. The molecule has 102 valence electrons. The van der Waals surface area contributed by atoms with Crippen LogP contribution >= 0.6 is 11.6 Å². The second-order valence-corrected chi connectivity index (χ2v) is 5.10. The Hall–Kier alpha value is -0.600. The van der Waals surface area contributed by atoms with Gasteiger partial charge >= 0.3 is 0 Å². The minimum absolute atomic E-state index is 0.215. The molecule has 0 spiro atoms. The average molecular weight is 272 g/mol. The van der Waals surface area contributed by atoms with E-state index in [1.54, 1.807) is 6.07 Å². The highest BCUT2D eigenvalue weighted by atomic mass is 35.5. The van der Waals surface area contributed by atoms with Crippen LogP contribution in [0, 0.1) is 11.7 Å². The highest BCUT2D eigenvalue weighted by Crippen LogP contribution is 2.21. The van der Waals surface area contributed by atoms with E-state index >= 15 is 0 Å². The van der Waals surface area contributed by atoms with Crippen molar-refractivity contribution < 1.29 is 4.39 Å². The summed E-state index contributed by atoms with van der Waals surface area (Å²) in [6, 6.07) is 5.46. The maximum absolute atomic E-state index is 13.1. The summed E-state index contributed by atoms with van der Waals surface area (Å²) in [4.78, 5) is 0. The van der Waals surface area contributed by atoms with E-state index in [-0.39, 0.29) is 10.8 Å². The lowest BCUT2D eigenvalue weighted by molar-refractivity contribution is 0.336. The Labute approximate surface area is 115 Å². The fraction of sp³-hybridized carbons (Fsp3) is 0.600.